The smallest absolute Gasteiger partial charge is 0.271 e. The van der Waals surface area contributed by atoms with E-state index >= 15 is 0 Å². The molecule has 0 aromatic heterocycles. The third-order valence-corrected chi connectivity index (χ3v) is 2.87. The lowest BCUT2D eigenvalue weighted by molar-refractivity contribution is 0.359. The van der Waals surface area contributed by atoms with Gasteiger partial charge in [-0.1, -0.05) is 30.3 Å². The molecule has 1 saturated heterocycles. The summed E-state index contributed by atoms with van der Waals surface area (Å²) in [6.07, 6.45) is -0.301. The Morgan fingerprint density at radius 2 is 1.94 bits per heavy atom. The van der Waals surface area contributed by atoms with E-state index in [0.717, 1.165) is 12.8 Å². The van der Waals surface area contributed by atoms with Crippen LogP contribution in [0.25, 0.3) is 0 Å². The summed E-state index contributed by atoms with van der Waals surface area (Å²) in [6.45, 7) is 1.43. The molecule has 1 aromatic carbocycles. The van der Waals surface area contributed by atoms with Gasteiger partial charge in [0, 0.05) is 5.57 Å². The monoisotopic (exact) mass is 224 g/mol. The fraction of sp³-hybridized carbons (Fsp3) is 0.385. The van der Waals surface area contributed by atoms with Crippen LogP contribution in [-0.2, 0) is 11.2 Å². The topological polar surface area (TPSA) is 12.5 Å². The van der Waals surface area contributed by atoms with Gasteiger partial charge >= 0.3 is 0 Å². The lowest BCUT2D eigenvalue weighted by Crippen LogP contribution is -1.98. The van der Waals surface area contributed by atoms with Gasteiger partial charge in [-0.3, -0.25) is 0 Å². The van der Waals surface area contributed by atoms with Crippen molar-refractivity contribution in [3.8, 4) is 0 Å². The molecule has 0 aliphatic carbocycles. The molecule has 0 radical (unpaired) electrons. The van der Waals surface area contributed by atoms with Crippen LogP contribution >= 0.6 is 0 Å². The summed E-state index contributed by atoms with van der Waals surface area (Å²) in [7, 11) is 0. The highest BCUT2D eigenvalue weighted by Gasteiger charge is 2.41. The second kappa shape index (κ2) is 4.74. The van der Waals surface area contributed by atoms with Gasteiger partial charge in [-0.2, -0.15) is 8.78 Å². The number of hydrogen-bond acceptors (Lipinski definition) is 1. The van der Waals surface area contributed by atoms with Crippen molar-refractivity contribution < 1.29 is 13.5 Å². The molecule has 1 fully saturated rings. The van der Waals surface area contributed by atoms with Gasteiger partial charge in [0.2, 0.25) is 0 Å². The molecule has 0 saturated carbocycles. The summed E-state index contributed by atoms with van der Waals surface area (Å²) >= 11 is 0. The lowest BCUT2D eigenvalue weighted by atomic mass is 10.1. The maximum atomic E-state index is 12.3. The van der Waals surface area contributed by atoms with Crippen LogP contribution in [0.5, 0.6) is 0 Å². The first-order valence-corrected chi connectivity index (χ1v) is 5.39. The second-order valence-corrected chi connectivity index (χ2v) is 4.06. The molecule has 2 atom stereocenters. The predicted molar refractivity (Wildman–Crippen MR) is 58.3 cm³/mol. The molecule has 0 spiro atoms. The fourth-order valence-electron chi connectivity index (χ4n) is 1.80. The zero-order valence-corrected chi connectivity index (χ0v) is 9.12. The Bertz CT molecular complexity index is 382. The Balaban J connectivity index is 1.81. The van der Waals surface area contributed by atoms with Crippen molar-refractivity contribution in [1.82, 2.24) is 0 Å². The summed E-state index contributed by atoms with van der Waals surface area (Å²) < 4.78 is 29.7. The Morgan fingerprint density at radius 1 is 1.25 bits per heavy atom. The highest BCUT2D eigenvalue weighted by Crippen LogP contribution is 2.34. The Morgan fingerprint density at radius 3 is 2.56 bits per heavy atom. The largest absolute Gasteiger partial charge is 0.365 e. The van der Waals surface area contributed by atoms with Crippen LogP contribution in [0.15, 0.2) is 42.0 Å². The molecule has 1 aliphatic rings. The number of epoxide rings is 1. The summed E-state index contributed by atoms with van der Waals surface area (Å²) in [5.41, 5.74) is 1.30. The van der Waals surface area contributed by atoms with E-state index in [4.69, 9.17) is 4.74 Å². The van der Waals surface area contributed by atoms with E-state index in [2.05, 4.69) is 0 Å². The molecule has 3 heteroatoms. The number of ether oxygens (including phenoxy) is 1. The van der Waals surface area contributed by atoms with Gasteiger partial charge in [0.15, 0.2) is 0 Å². The molecule has 16 heavy (non-hydrogen) atoms. The summed E-state index contributed by atoms with van der Waals surface area (Å²) in [4.78, 5) is 0. The number of halogens is 2. The molecule has 1 aromatic rings. The first kappa shape index (κ1) is 11.3. The van der Waals surface area contributed by atoms with E-state index in [1.165, 1.54) is 12.5 Å². The number of benzene rings is 1. The van der Waals surface area contributed by atoms with Crippen LogP contribution in [0.4, 0.5) is 8.78 Å². The van der Waals surface area contributed by atoms with Crippen molar-refractivity contribution in [3.63, 3.8) is 0 Å². The van der Waals surface area contributed by atoms with Crippen molar-refractivity contribution in [1.29, 1.82) is 0 Å². The molecule has 0 N–H and O–H groups in total. The second-order valence-electron chi connectivity index (χ2n) is 4.06. The third-order valence-electron chi connectivity index (χ3n) is 2.87. The van der Waals surface area contributed by atoms with E-state index in [-0.39, 0.29) is 17.8 Å². The van der Waals surface area contributed by atoms with Gasteiger partial charge in [0.1, 0.15) is 6.10 Å². The maximum absolute atomic E-state index is 12.3. The van der Waals surface area contributed by atoms with Gasteiger partial charge in [-0.05, 0) is 25.3 Å². The van der Waals surface area contributed by atoms with E-state index in [9.17, 15) is 8.78 Å². The van der Waals surface area contributed by atoms with Crippen molar-refractivity contribution in [2.24, 2.45) is 0 Å². The van der Waals surface area contributed by atoms with Crippen molar-refractivity contribution >= 4 is 0 Å². The third kappa shape index (κ3) is 2.67. The van der Waals surface area contributed by atoms with Crippen LogP contribution in [0, 0.1) is 0 Å². The standard InChI is InChI=1S/C13H14F2O/c1-9(13(14)15)12-11(16-12)8-7-10-5-3-2-4-6-10/h2-6,11-12H,7-8H2,1H3. The van der Waals surface area contributed by atoms with Gasteiger partial charge < -0.3 is 4.74 Å². The highest BCUT2D eigenvalue weighted by molar-refractivity contribution is 5.18. The van der Waals surface area contributed by atoms with Gasteiger partial charge in [0.05, 0.1) is 6.10 Å². The summed E-state index contributed by atoms with van der Waals surface area (Å²) in [5, 5.41) is 0. The zero-order chi connectivity index (χ0) is 11.5. The quantitative estimate of drug-likeness (QED) is 0.712. The van der Waals surface area contributed by atoms with E-state index in [0.29, 0.717) is 0 Å². The molecule has 1 aliphatic heterocycles. The molecule has 86 valence electrons. The minimum atomic E-state index is -1.60. The van der Waals surface area contributed by atoms with E-state index in [1.807, 2.05) is 30.3 Å². The Hall–Kier alpha value is -1.22. The summed E-state index contributed by atoms with van der Waals surface area (Å²) in [6, 6.07) is 10.00. The first-order chi connectivity index (χ1) is 7.68. The van der Waals surface area contributed by atoms with Crippen LogP contribution < -0.4 is 0 Å². The van der Waals surface area contributed by atoms with Crippen LogP contribution in [0.2, 0.25) is 0 Å². The first-order valence-electron chi connectivity index (χ1n) is 5.39. The minimum Gasteiger partial charge on any atom is -0.365 e. The van der Waals surface area contributed by atoms with Gasteiger partial charge in [0.25, 0.3) is 6.08 Å². The molecular weight excluding hydrogens is 210 g/mol. The molecule has 2 rings (SSSR count). The predicted octanol–water partition coefficient (Wildman–Crippen LogP) is 3.56. The average Bonchev–Trinajstić information content (AvgIpc) is 3.06. The van der Waals surface area contributed by atoms with Crippen LogP contribution in [-0.4, -0.2) is 12.2 Å². The van der Waals surface area contributed by atoms with Crippen LogP contribution in [0.1, 0.15) is 18.9 Å². The van der Waals surface area contributed by atoms with E-state index in [1.54, 1.807) is 0 Å². The number of rotatable bonds is 4. The number of aryl methyl sites for hydroxylation is 1. The van der Waals surface area contributed by atoms with Gasteiger partial charge in [-0.25, -0.2) is 0 Å². The lowest BCUT2D eigenvalue weighted by Gasteiger charge is -1.98. The zero-order valence-electron chi connectivity index (χ0n) is 9.12. The van der Waals surface area contributed by atoms with E-state index < -0.39 is 6.08 Å². The maximum Gasteiger partial charge on any atom is 0.271 e. The fourth-order valence-corrected chi connectivity index (χ4v) is 1.80. The molecule has 0 bridgehead atoms. The Kier molecular flexibility index (Phi) is 3.34. The summed E-state index contributed by atoms with van der Waals surface area (Å²) in [5.74, 6) is 0. The van der Waals surface area contributed by atoms with Crippen molar-refractivity contribution in [3.05, 3.63) is 47.5 Å². The number of hydrogen-bond donors (Lipinski definition) is 0. The molecule has 1 nitrogen and oxygen atoms in total. The minimum absolute atomic E-state index is 0.0262. The molecule has 2 unspecified atom stereocenters. The average molecular weight is 224 g/mol. The molecule has 1 heterocycles. The van der Waals surface area contributed by atoms with Gasteiger partial charge in [-0.15, -0.1) is 0 Å². The van der Waals surface area contributed by atoms with Crippen molar-refractivity contribution in [2.45, 2.75) is 32.0 Å². The normalized spacial score (nSPS) is 22.9. The SMILES string of the molecule is CC(=C(F)F)C1OC1CCc1ccccc1. The molecular formula is C13H14F2O. The molecule has 0 amide bonds. The van der Waals surface area contributed by atoms with Crippen molar-refractivity contribution in [2.75, 3.05) is 0 Å². The highest BCUT2D eigenvalue weighted by atomic mass is 19.3. The Labute approximate surface area is 93.7 Å². The van der Waals surface area contributed by atoms with Crippen LogP contribution in [0.3, 0.4) is 0 Å².